The third kappa shape index (κ3) is 4.14. The molecule has 3 aromatic rings. The molecule has 160 valence electrons. The SMILES string of the molecule is COc1cc(C(C)NC(=O)CCc2c(C)nc3ncnn3c2C)cc(OC)c1OC. The Kier molecular flexibility index (Phi) is 6.39. The summed E-state index contributed by atoms with van der Waals surface area (Å²) in [5, 5.41) is 7.22. The van der Waals surface area contributed by atoms with Gasteiger partial charge in [-0.15, -0.1) is 0 Å². The van der Waals surface area contributed by atoms with Gasteiger partial charge in [0, 0.05) is 17.8 Å². The average Bonchev–Trinajstić information content (AvgIpc) is 3.20. The van der Waals surface area contributed by atoms with Crippen molar-refractivity contribution in [3.05, 3.63) is 41.0 Å². The van der Waals surface area contributed by atoms with Gasteiger partial charge in [0.15, 0.2) is 11.5 Å². The van der Waals surface area contributed by atoms with E-state index in [2.05, 4.69) is 20.4 Å². The zero-order valence-corrected chi connectivity index (χ0v) is 18.1. The number of amides is 1. The number of carbonyl (C=O) groups is 1. The highest BCUT2D eigenvalue weighted by Crippen LogP contribution is 2.39. The first-order chi connectivity index (χ1) is 14.4. The van der Waals surface area contributed by atoms with Crippen LogP contribution >= 0.6 is 0 Å². The second kappa shape index (κ2) is 8.98. The summed E-state index contributed by atoms with van der Waals surface area (Å²) in [7, 11) is 4.69. The molecule has 0 aliphatic carbocycles. The number of hydrogen-bond donors (Lipinski definition) is 1. The Morgan fingerprint density at radius 3 is 2.40 bits per heavy atom. The number of fused-ring (bicyclic) bond motifs is 1. The van der Waals surface area contributed by atoms with Gasteiger partial charge < -0.3 is 19.5 Å². The number of aromatic nitrogens is 4. The van der Waals surface area contributed by atoms with Gasteiger partial charge >= 0.3 is 0 Å². The highest BCUT2D eigenvalue weighted by Gasteiger charge is 2.18. The lowest BCUT2D eigenvalue weighted by atomic mass is 10.0. The lowest BCUT2D eigenvalue weighted by Gasteiger charge is -2.19. The number of ether oxygens (including phenoxy) is 3. The molecule has 9 heteroatoms. The normalized spacial score (nSPS) is 11.9. The van der Waals surface area contributed by atoms with Crippen molar-refractivity contribution in [2.45, 2.75) is 39.7 Å². The van der Waals surface area contributed by atoms with Gasteiger partial charge in [-0.3, -0.25) is 4.79 Å². The van der Waals surface area contributed by atoms with Gasteiger partial charge in [-0.05, 0) is 50.5 Å². The Morgan fingerprint density at radius 2 is 1.80 bits per heavy atom. The van der Waals surface area contributed by atoms with Crippen LogP contribution in [0.4, 0.5) is 0 Å². The number of hydrogen-bond acceptors (Lipinski definition) is 7. The van der Waals surface area contributed by atoms with Crippen molar-refractivity contribution in [1.29, 1.82) is 0 Å². The Bertz CT molecular complexity index is 1040. The van der Waals surface area contributed by atoms with Crippen LogP contribution in [0.2, 0.25) is 0 Å². The number of nitrogens with zero attached hydrogens (tertiary/aromatic N) is 4. The van der Waals surface area contributed by atoms with Gasteiger partial charge in [0.2, 0.25) is 11.7 Å². The van der Waals surface area contributed by atoms with E-state index in [-0.39, 0.29) is 11.9 Å². The number of rotatable bonds is 8. The van der Waals surface area contributed by atoms with Gasteiger partial charge in [-0.25, -0.2) is 9.50 Å². The third-order valence-corrected chi connectivity index (χ3v) is 5.16. The lowest BCUT2D eigenvalue weighted by molar-refractivity contribution is -0.121. The summed E-state index contributed by atoms with van der Waals surface area (Å²) < 4.78 is 17.8. The number of carbonyl (C=O) groups excluding carboxylic acids is 1. The summed E-state index contributed by atoms with van der Waals surface area (Å²) in [5.74, 6) is 2.12. The van der Waals surface area contributed by atoms with Gasteiger partial charge in [-0.1, -0.05) is 0 Å². The molecular weight excluding hydrogens is 386 g/mol. The van der Waals surface area contributed by atoms with E-state index in [0.717, 1.165) is 22.5 Å². The maximum Gasteiger partial charge on any atom is 0.252 e. The monoisotopic (exact) mass is 413 g/mol. The zero-order chi connectivity index (χ0) is 21.8. The Hall–Kier alpha value is -3.36. The van der Waals surface area contributed by atoms with Gasteiger partial charge in [0.1, 0.15) is 6.33 Å². The summed E-state index contributed by atoms with van der Waals surface area (Å²) in [6, 6.07) is 3.44. The smallest absolute Gasteiger partial charge is 0.252 e. The molecule has 0 saturated carbocycles. The van der Waals surface area contributed by atoms with Crippen molar-refractivity contribution >= 4 is 11.7 Å². The molecule has 1 N–H and O–H groups in total. The van der Waals surface area contributed by atoms with E-state index in [1.165, 1.54) is 6.33 Å². The molecule has 0 spiro atoms. The maximum absolute atomic E-state index is 12.6. The standard InChI is InChI=1S/C21H27N5O4/c1-12(15-9-17(28-4)20(30-6)18(10-15)29-5)24-19(27)8-7-16-13(2)25-21-22-11-23-26(21)14(16)3/h9-12H,7-8H2,1-6H3,(H,24,27). The van der Waals surface area contributed by atoms with Crippen LogP contribution in [0.3, 0.4) is 0 Å². The van der Waals surface area contributed by atoms with E-state index in [1.807, 2.05) is 32.9 Å². The highest BCUT2D eigenvalue weighted by atomic mass is 16.5. The maximum atomic E-state index is 12.6. The number of nitrogens with one attached hydrogen (secondary N) is 1. The van der Waals surface area contributed by atoms with Crippen molar-refractivity contribution in [2.75, 3.05) is 21.3 Å². The molecule has 2 heterocycles. The van der Waals surface area contributed by atoms with Crippen LogP contribution in [-0.4, -0.2) is 46.8 Å². The predicted octanol–water partition coefficient (Wildman–Crippen LogP) is 2.58. The molecule has 0 saturated heterocycles. The Balaban J connectivity index is 1.71. The molecule has 9 nitrogen and oxygen atoms in total. The van der Waals surface area contributed by atoms with Gasteiger partial charge in [-0.2, -0.15) is 10.1 Å². The fourth-order valence-corrected chi connectivity index (χ4v) is 3.50. The second-order valence-electron chi connectivity index (χ2n) is 6.98. The molecule has 0 bridgehead atoms. The summed E-state index contributed by atoms with van der Waals surface area (Å²) in [6.45, 7) is 5.80. The van der Waals surface area contributed by atoms with E-state index in [4.69, 9.17) is 14.2 Å². The van der Waals surface area contributed by atoms with Crippen LogP contribution in [-0.2, 0) is 11.2 Å². The molecule has 1 unspecified atom stereocenters. The first kappa shape index (κ1) is 21.4. The molecule has 1 atom stereocenters. The second-order valence-corrected chi connectivity index (χ2v) is 6.98. The molecule has 30 heavy (non-hydrogen) atoms. The van der Waals surface area contributed by atoms with Gasteiger partial charge in [0.05, 0.1) is 27.4 Å². The number of methoxy groups -OCH3 is 3. The Labute approximate surface area is 175 Å². The van der Waals surface area contributed by atoms with Gasteiger partial charge in [0.25, 0.3) is 5.78 Å². The molecular formula is C21H27N5O4. The molecule has 1 aromatic carbocycles. The van der Waals surface area contributed by atoms with Crippen molar-refractivity contribution < 1.29 is 19.0 Å². The number of aryl methyl sites for hydroxylation is 2. The van der Waals surface area contributed by atoms with E-state index in [9.17, 15) is 4.79 Å². The van der Waals surface area contributed by atoms with E-state index < -0.39 is 0 Å². The van der Waals surface area contributed by atoms with Crippen molar-refractivity contribution in [2.24, 2.45) is 0 Å². The highest BCUT2D eigenvalue weighted by molar-refractivity contribution is 5.77. The van der Waals surface area contributed by atoms with Crippen LogP contribution in [0, 0.1) is 13.8 Å². The van der Waals surface area contributed by atoms with E-state index >= 15 is 0 Å². The molecule has 0 aliphatic heterocycles. The summed E-state index contributed by atoms with van der Waals surface area (Å²) in [5.41, 5.74) is 3.67. The molecule has 1 amide bonds. The lowest BCUT2D eigenvalue weighted by Crippen LogP contribution is -2.27. The van der Waals surface area contributed by atoms with Crippen molar-refractivity contribution in [3.63, 3.8) is 0 Å². The molecule has 3 rings (SSSR count). The quantitative estimate of drug-likeness (QED) is 0.606. The number of benzene rings is 1. The molecule has 0 radical (unpaired) electrons. The topological polar surface area (TPSA) is 99.9 Å². The summed E-state index contributed by atoms with van der Waals surface area (Å²) in [4.78, 5) is 21.2. The van der Waals surface area contributed by atoms with Crippen LogP contribution in [0.1, 0.15) is 41.9 Å². The zero-order valence-electron chi connectivity index (χ0n) is 18.1. The minimum Gasteiger partial charge on any atom is -0.493 e. The Morgan fingerprint density at radius 1 is 1.13 bits per heavy atom. The van der Waals surface area contributed by atoms with Crippen molar-refractivity contribution in [1.82, 2.24) is 24.9 Å². The average molecular weight is 413 g/mol. The predicted molar refractivity (Wildman–Crippen MR) is 111 cm³/mol. The first-order valence-electron chi connectivity index (χ1n) is 9.64. The largest absolute Gasteiger partial charge is 0.493 e. The molecule has 2 aromatic heterocycles. The minimum absolute atomic E-state index is 0.0614. The van der Waals surface area contributed by atoms with Crippen LogP contribution in [0.5, 0.6) is 17.2 Å². The molecule has 0 aliphatic rings. The first-order valence-corrected chi connectivity index (χ1v) is 9.64. The summed E-state index contributed by atoms with van der Waals surface area (Å²) >= 11 is 0. The van der Waals surface area contributed by atoms with Crippen LogP contribution in [0.25, 0.3) is 5.78 Å². The summed E-state index contributed by atoms with van der Waals surface area (Å²) in [6.07, 6.45) is 2.37. The van der Waals surface area contributed by atoms with Crippen LogP contribution < -0.4 is 19.5 Å². The minimum atomic E-state index is -0.232. The van der Waals surface area contributed by atoms with E-state index in [0.29, 0.717) is 35.9 Å². The van der Waals surface area contributed by atoms with E-state index in [1.54, 1.807) is 25.8 Å². The fourth-order valence-electron chi connectivity index (χ4n) is 3.50. The third-order valence-electron chi connectivity index (χ3n) is 5.16. The molecule has 0 fully saturated rings. The van der Waals surface area contributed by atoms with Crippen molar-refractivity contribution in [3.8, 4) is 17.2 Å². The fraction of sp³-hybridized carbons (Fsp3) is 0.429. The van der Waals surface area contributed by atoms with Crippen LogP contribution in [0.15, 0.2) is 18.5 Å².